The van der Waals surface area contributed by atoms with E-state index in [9.17, 15) is 0 Å². The predicted molar refractivity (Wildman–Crippen MR) is 61.2 cm³/mol. The molecule has 76 valence electrons. The average Bonchev–Trinajstić information content (AvgIpc) is 2.10. The Balaban J connectivity index is 2.06. The van der Waals surface area contributed by atoms with Gasteiger partial charge in [-0.3, -0.25) is 0 Å². The average molecular weight is 257 g/mol. The zero-order valence-electron chi connectivity index (χ0n) is 7.70. The molecule has 4 N–H and O–H groups in total. The van der Waals surface area contributed by atoms with Crippen LogP contribution >= 0.6 is 15.9 Å². The monoisotopic (exact) mass is 256 g/mol. The molecule has 0 saturated heterocycles. The molecule has 3 nitrogen and oxygen atoms in total. The van der Waals surface area contributed by atoms with Gasteiger partial charge in [-0.1, -0.05) is 6.07 Å². The summed E-state index contributed by atoms with van der Waals surface area (Å²) in [5, 5.41) is 12.4. The highest BCUT2D eigenvalue weighted by molar-refractivity contribution is 9.10. The summed E-state index contributed by atoms with van der Waals surface area (Å²) in [4.78, 5) is 0. The lowest BCUT2D eigenvalue weighted by Crippen LogP contribution is -2.39. The maximum Gasteiger partial charge on any atom is 0.0694 e. The van der Waals surface area contributed by atoms with Crippen molar-refractivity contribution < 1.29 is 5.11 Å². The molecule has 0 radical (unpaired) electrons. The number of para-hydroxylation sites is 1. The third-order valence-electron chi connectivity index (χ3n) is 2.53. The summed E-state index contributed by atoms with van der Waals surface area (Å²) in [6, 6.07) is 6.17. The molecule has 0 amide bonds. The van der Waals surface area contributed by atoms with Crippen LogP contribution in [-0.2, 0) is 0 Å². The van der Waals surface area contributed by atoms with Crippen molar-refractivity contribution in [2.75, 3.05) is 11.1 Å². The fourth-order valence-electron chi connectivity index (χ4n) is 1.59. The van der Waals surface area contributed by atoms with Gasteiger partial charge in [0.1, 0.15) is 0 Å². The Labute approximate surface area is 91.4 Å². The first kappa shape index (κ1) is 9.80. The Kier molecular flexibility index (Phi) is 2.65. The number of benzene rings is 1. The number of anilines is 2. The van der Waals surface area contributed by atoms with Gasteiger partial charge < -0.3 is 16.2 Å². The normalized spacial score (nSPS) is 25.6. The van der Waals surface area contributed by atoms with Gasteiger partial charge in [0.05, 0.1) is 17.5 Å². The molecular weight excluding hydrogens is 244 g/mol. The van der Waals surface area contributed by atoms with Crippen molar-refractivity contribution in [3.8, 4) is 0 Å². The van der Waals surface area contributed by atoms with E-state index in [0.29, 0.717) is 6.04 Å². The molecular formula is C10H13BrN2O. The molecule has 1 aromatic rings. The Morgan fingerprint density at radius 2 is 2.14 bits per heavy atom. The van der Waals surface area contributed by atoms with Gasteiger partial charge in [-0.25, -0.2) is 0 Å². The zero-order chi connectivity index (χ0) is 10.1. The van der Waals surface area contributed by atoms with Crippen LogP contribution in [0.1, 0.15) is 12.8 Å². The summed E-state index contributed by atoms with van der Waals surface area (Å²) >= 11 is 3.37. The molecule has 0 bridgehead atoms. The number of aliphatic hydroxyl groups excluding tert-OH is 1. The molecule has 1 aliphatic rings. The number of hydrogen-bond donors (Lipinski definition) is 3. The van der Waals surface area contributed by atoms with Crippen molar-refractivity contribution in [3.05, 3.63) is 22.7 Å². The molecule has 0 heterocycles. The minimum absolute atomic E-state index is 0.138. The third-order valence-corrected chi connectivity index (χ3v) is 3.22. The van der Waals surface area contributed by atoms with Crippen LogP contribution in [0.5, 0.6) is 0 Å². The Hall–Kier alpha value is -0.740. The maximum atomic E-state index is 9.14. The molecule has 4 heteroatoms. The first-order valence-corrected chi connectivity index (χ1v) is 5.44. The molecule has 1 aromatic carbocycles. The lowest BCUT2D eigenvalue weighted by atomic mass is 9.89. The van der Waals surface area contributed by atoms with Crippen molar-refractivity contribution in [2.45, 2.75) is 25.0 Å². The Morgan fingerprint density at radius 1 is 1.43 bits per heavy atom. The van der Waals surface area contributed by atoms with Crippen LogP contribution in [0.2, 0.25) is 0 Å². The second kappa shape index (κ2) is 3.79. The molecule has 1 saturated carbocycles. The van der Waals surface area contributed by atoms with E-state index in [1.54, 1.807) is 0 Å². The lowest BCUT2D eigenvalue weighted by Gasteiger charge is -2.33. The molecule has 0 atom stereocenters. The first-order chi connectivity index (χ1) is 6.66. The van der Waals surface area contributed by atoms with Crippen LogP contribution in [0, 0.1) is 0 Å². The van der Waals surface area contributed by atoms with Crippen LogP contribution < -0.4 is 11.1 Å². The number of nitrogens with two attached hydrogens (primary N) is 1. The number of hydrogen-bond acceptors (Lipinski definition) is 3. The largest absolute Gasteiger partial charge is 0.396 e. The van der Waals surface area contributed by atoms with E-state index in [1.807, 2.05) is 18.2 Å². The van der Waals surface area contributed by atoms with Gasteiger partial charge in [0.15, 0.2) is 0 Å². The highest BCUT2D eigenvalue weighted by Gasteiger charge is 2.27. The quantitative estimate of drug-likeness (QED) is 0.710. The highest BCUT2D eigenvalue weighted by Crippen LogP contribution is 2.31. The molecule has 1 fully saturated rings. The van der Waals surface area contributed by atoms with Crippen LogP contribution in [0.4, 0.5) is 11.4 Å². The summed E-state index contributed by atoms with van der Waals surface area (Å²) < 4.78 is 0.905. The Morgan fingerprint density at radius 3 is 2.79 bits per heavy atom. The van der Waals surface area contributed by atoms with Crippen LogP contribution in [0.15, 0.2) is 22.7 Å². The number of aliphatic hydroxyl groups is 1. The van der Waals surface area contributed by atoms with Crippen molar-refractivity contribution in [3.63, 3.8) is 0 Å². The van der Waals surface area contributed by atoms with Gasteiger partial charge >= 0.3 is 0 Å². The molecule has 2 rings (SSSR count). The number of nitrogen functional groups attached to an aromatic ring is 1. The van der Waals surface area contributed by atoms with Gasteiger partial charge in [0.2, 0.25) is 0 Å². The van der Waals surface area contributed by atoms with Gasteiger partial charge in [0, 0.05) is 10.5 Å². The van der Waals surface area contributed by atoms with E-state index in [-0.39, 0.29) is 6.10 Å². The third kappa shape index (κ3) is 1.86. The van der Waals surface area contributed by atoms with E-state index in [4.69, 9.17) is 10.8 Å². The second-order valence-electron chi connectivity index (χ2n) is 3.67. The van der Waals surface area contributed by atoms with Gasteiger partial charge in [0.25, 0.3) is 0 Å². The number of halogens is 1. The summed E-state index contributed by atoms with van der Waals surface area (Å²) in [5.41, 5.74) is 7.54. The second-order valence-corrected chi connectivity index (χ2v) is 4.52. The van der Waals surface area contributed by atoms with Gasteiger partial charge in [-0.2, -0.15) is 0 Å². The lowest BCUT2D eigenvalue weighted by molar-refractivity contribution is 0.0837. The zero-order valence-corrected chi connectivity index (χ0v) is 9.29. The van der Waals surface area contributed by atoms with E-state index < -0.39 is 0 Å². The summed E-state index contributed by atoms with van der Waals surface area (Å²) in [6.45, 7) is 0. The molecule has 0 aliphatic heterocycles. The molecule has 1 aliphatic carbocycles. The SMILES string of the molecule is Nc1c(Br)cccc1NC1CC(O)C1. The molecule has 14 heavy (non-hydrogen) atoms. The standard InChI is InChI=1S/C10H13BrN2O/c11-8-2-1-3-9(10(8)12)13-6-4-7(14)5-6/h1-3,6-7,13-14H,4-5,12H2. The topological polar surface area (TPSA) is 58.3 Å². The van der Waals surface area contributed by atoms with Crippen molar-refractivity contribution >= 4 is 27.3 Å². The predicted octanol–water partition coefficient (Wildman–Crippen LogP) is 1.97. The minimum atomic E-state index is -0.138. The molecule has 0 unspecified atom stereocenters. The van der Waals surface area contributed by atoms with Crippen molar-refractivity contribution in [2.24, 2.45) is 0 Å². The smallest absolute Gasteiger partial charge is 0.0694 e. The maximum absolute atomic E-state index is 9.14. The fraction of sp³-hybridized carbons (Fsp3) is 0.400. The Bertz CT molecular complexity index is 337. The van der Waals surface area contributed by atoms with Crippen molar-refractivity contribution in [1.82, 2.24) is 0 Å². The molecule has 0 spiro atoms. The van der Waals surface area contributed by atoms with E-state index >= 15 is 0 Å². The van der Waals surface area contributed by atoms with Gasteiger partial charge in [-0.15, -0.1) is 0 Å². The summed E-state index contributed by atoms with van der Waals surface area (Å²) in [5.74, 6) is 0. The first-order valence-electron chi connectivity index (χ1n) is 4.65. The van der Waals surface area contributed by atoms with Crippen LogP contribution in [0.25, 0.3) is 0 Å². The summed E-state index contributed by atoms with van der Waals surface area (Å²) in [7, 11) is 0. The van der Waals surface area contributed by atoms with Crippen molar-refractivity contribution in [1.29, 1.82) is 0 Å². The highest BCUT2D eigenvalue weighted by atomic mass is 79.9. The number of rotatable bonds is 2. The van der Waals surface area contributed by atoms with Gasteiger partial charge in [-0.05, 0) is 40.9 Å². The van der Waals surface area contributed by atoms with Crippen LogP contribution in [-0.4, -0.2) is 17.3 Å². The molecule has 0 aromatic heterocycles. The van der Waals surface area contributed by atoms with Crippen LogP contribution in [0.3, 0.4) is 0 Å². The number of nitrogens with one attached hydrogen (secondary N) is 1. The fourth-order valence-corrected chi connectivity index (χ4v) is 1.95. The summed E-state index contributed by atoms with van der Waals surface area (Å²) in [6.07, 6.45) is 1.48. The van der Waals surface area contributed by atoms with E-state index in [2.05, 4.69) is 21.2 Å². The minimum Gasteiger partial charge on any atom is -0.396 e. The van der Waals surface area contributed by atoms with E-state index in [1.165, 1.54) is 0 Å². The van der Waals surface area contributed by atoms with E-state index in [0.717, 1.165) is 28.7 Å².